The molecule has 1 unspecified atom stereocenters. The number of hydrogen-bond donors (Lipinski definition) is 0. The standard InChI is InChI=1S/C18H25NO2/c1-14(2)21-17-9-6-8-16(13-17)10-11-18(20)19-12-5-4-7-15(19)3/h6,8-11,13-15H,4-5,7,12H2,1-3H3/b11-10+. The van der Waals surface area contributed by atoms with E-state index in [4.69, 9.17) is 4.74 Å². The van der Waals surface area contributed by atoms with Crippen LogP contribution in [0.5, 0.6) is 5.75 Å². The Morgan fingerprint density at radius 2 is 2.19 bits per heavy atom. The second-order valence-electron chi connectivity index (χ2n) is 5.95. The van der Waals surface area contributed by atoms with Gasteiger partial charge in [0.1, 0.15) is 5.75 Å². The molecule has 1 fully saturated rings. The average molecular weight is 287 g/mol. The number of amides is 1. The highest BCUT2D eigenvalue weighted by Crippen LogP contribution is 2.18. The molecule has 1 amide bonds. The van der Waals surface area contributed by atoms with Gasteiger partial charge in [-0.25, -0.2) is 0 Å². The molecular weight excluding hydrogens is 262 g/mol. The van der Waals surface area contributed by atoms with Crippen LogP contribution in [0.3, 0.4) is 0 Å². The number of rotatable bonds is 4. The van der Waals surface area contributed by atoms with Crippen LogP contribution in [0.15, 0.2) is 30.3 Å². The smallest absolute Gasteiger partial charge is 0.246 e. The van der Waals surface area contributed by atoms with Gasteiger partial charge in [0.15, 0.2) is 0 Å². The number of piperidine rings is 1. The van der Waals surface area contributed by atoms with E-state index in [0.29, 0.717) is 6.04 Å². The number of nitrogens with zero attached hydrogens (tertiary/aromatic N) is 1. The molecule has 0 bridgehead atoms. The van der Waals surface area contributed by atoms with E-state index in [1.807, 2.05) is 49.1 Å². The summed E-state index contributed by atoms with van der Waals surface area (Å²) in [6, 6.07) is 8.18. The monoisotopic (exact) mass is 287 g/mol. The van der Waals surface area contributed by atoms with Crippen molar-refractivity contribution in [3.8, 4) is 5.75 Å². The Kier molecular flexibility index (Phi) is 5.43. The van der Waals surface area contributed by atoms with Crippen LogP contribution in [0.2, 0.25) is 0 Å². The zero-order valence-electron chi connectivity index (χ0n) is 13.2. The molecule has 0 radical (unpaired) electrons. The largest absolute Gasteiger partial charge is 0.491 e. The molecule has 1 atom stereocenters. The van der Waals surface area contributed by atoms with Gasteiger partial charge in [0.25, 0.3) is 0 Å². The first-order valence-corrected chi connectivity index (χ1v) is 7.81. The van der Waals surface area contributed by atoms with Gasteiger partial charge < -0.3 is 9.64 Å². The van der Waals surface area contributed by atoms with Crippen LogP contribution < -0.4 is 4.74 Å². The SMILES string of the molecule is CC(C)Oc1cccc(/C=C/C(=O)N2CCCCC2C)c1. The maximum atomic E-state index is 12.3. The van der Waals surface area contributed by atoms with Crippen LogP contribution in [-0.2, 0) is 4.79 Å². The van der Waals surface area contributed by atoms with Gasteiger partial charge in [0.05, 0.1) is 6.10 Å². The fraction of sp³-hybridized carbons (Fsp3) is 0.500. The van der Waals surface area contributed by atoms with Gasteiger partial charge in [-0.1, -0.05) is 12.1 Å². The fourth-order valence-corrected chi connectivity index (χ4v) is 2.65. The number of carbonyl (C=O) groups is 1. The lowest BCUT2D eigenvalue weighted by atomic mass is 10.0. The highest BCUT2D eigenvalue weighted by Gasteiger charge is 2.21. The predicted molar refractivity (Wildman–Crippen MR) is 86.3 cm³/mol. The molecule has 0 aliphatic carbocycles. The Balaban J connectivity index is 2.01. The molecule has 3 nitrogen and oxygen atoms in total. The van der Waals surface area contributed by atoms with Crippen molar-refractivity contribution in [1.82, 2.24) is 4.90 Å². The summed E-state index contributed by atoms with van der Waals surface area (Å²) in [6.45, 7) is 7.01. The molecule has 1 aromatic carbocycles. The van der Waals surface area contributed by atoms with Crippen LogP contribution >= 0.6 is 0 Å². The second kappa shape index (κ2) is 7.30. The first kappa shape index (κ1) is 15.6. The molecule has 2 rings (SSSR count). The van der Waals surface area contributed by atoms with E-state index in [-0.39, 0.29) is 12.0 Å². The number of hydrogen-bond acceptors (Lipinski definition) is 2. The first-order valence-electron chi connectivity index (χ1n) is 7.81. The lowest BCUT2D eigenvalue weighted by Crippen LogP contribution is -2.41. The first-order chi connectivity index (χ1) is 10.1. The van der Waals surface area contributed by atoms with Crippen LogP contribution in [0.1, 0.15) is 45.6 Å². The Bertz CT molecular complexity index is 508. The van der Waals surface area contributed by atoms with Gasteiger partial charge in [-0.05, 0) is 63.8 Å². The summed E-state index contributed by atoms with van der Waals surface area (Å²) in [6.07, 6.45) is 7.15. The zero-order valence-corrected chi connectivity index (χ0v) is 13.2. The normalized spacial score (nSPS) is 19.2. The van der Waals surface area contributed by atoms with Crippen molar-refractivity contribution in [3.63, 3.8) is 0 Å². The van der Waals surface area contributed by atoms with E-state index in [2.05, 4.69) is 6.92 Å². The summed E-state index contributed by atoms with van der Waals surface area (Å²) in [7, 11) is 0. The molecule has 0 aromatic heterocycles. The highest BCUT2D eigenvalue weighted by molar-refractivity contribution is 5.92. The molecule has 1 heterocycles. The maximum absolute atomic E-state index is 12.3. The van der Waals surface area contributed by atoms with Crippen molar-refractivity contribution in [2.24, 2.45) is 0 Å². The van der Waals surface area contributed by atoms with Gasteiger partial charge in [0.2, 0.25) is 5.91 Å². The predicted octanol–water partition coefficient (Wildman–Crippen LogP) is 3.89. The van der Waals surface area contributed by atoms with Crippen molar-refractivity contribution < 1.29 is 9.53 Å². The molecule has 21 heavy (non-hydrogen) atoms. The lowest BCUT2D eigenvalue weighted by molar-refractivity contribution is -0.129. The van der Waals surface area contributed by atoms with Crippen LogP contribution in [0.4, 0.5) is 0 Å². The quantitative estimate of drug-likeness (QED) is 0.786. The van der Waals surface area contributed by atoms with Crippen molar-refractivity contribution in [1.29, 1.82) is 0 Å². The van der Waals surface area contributed by atoms with Gasteiger partial charge in [0, 0.05) is 18.7 Å². The molecule has 0 saturated carbocycles. The Hall–Kier alpha value is -1.77. The van der Waals surface area contributed by atoms with Crippen LogP contribution in [-0.4, -0.2) is 29.5 Å². The summed E-state index contributed by atoms with van der Waals surface area (Å²) in [5, 5.41) is 0. The highest BCUT2D eigenvalue weighted by atomic mass is 16.5. The fourth-order valence-electron chi connectivity index (χ4n) is 2.65. The van der Waals surface area contributed by atoms with Crippen molar-refractivity contribution in [2.75, 3.05) is 6.54 Å². The maximum Gasteiger partial charge on any atom is 0.246 e. The Morgan fingerprint density at radius 3 is 2.90 bits per heavy atom. The second-order valence-corrected chi connectivity index (χ2v) is 5.95. The topological polar surface area (TPSA) is 29.5 Å². The number of likely N-dealkylation sites (tertiary alicyclic amines) is 1. The van der Waals surface area contributed by atoms with Gasteiger partial charge in [-0.3, -0.25) is 4.79 Å². The molecule has 1 saturated heterocycles. The summed E-state index contributed by atoms with van der Waals surface area (Å²) in [5.41, 5.74) is 0.992. The van der Waals surface area contributed by atoms with Crippen LogP contribution in [0.25, 0.3) is 6.08 Å². The third-order valence-corrected chi connectivity index (χ3v) is 3.73. The van der Waals surface area contributed by atoms with E-state index in [1.54, 1.807) is 6.08 Å². The number of benzene rings is 1. The molecule has 1 aliphatic heterocycles. The molecule has 3 heteroatoms. The molecule has 0 spiro atoms. The van der Waals surface area contributed by atoms with Gasteiger partial charge >= 0.3 is 0 Å². The third kappa shape index (κ3) is 4.62. The minimum absolute atomic E-state index is 0.109. The van der Waals surface area contributed by atoms with Crippen molar-refractivity contribution in [3.05, 3.63) is 35.9 Å². The van der Waals surface area contributed by atoms with E-state index in [9.17, 15) is 4.79 Å². The molecule has 114 valence electrons. The minimum Gasteiger partial charge on any atom is -0.491 e. The number of carbonyl (C=O) groups excluding carboxylic acids is 1. The van der Waals surface area contributed by atoms with E-state index in [0.717, 1.165) is 30.7 Å². The molecule has 1 aromatic rings. The minimum atomic E-state index is 0.109. The van der Waals surface area contributed by atoms with E-state index < -0.39 is 0 Å². The average Bonchev–Trinajstić information content (AvgIpc) is 2.45. The zero-order chi connectivity index (χ0) is 15.2. The van der Waals surface area contributed by atoms with Crippen LogP contribution in [0, 0.1) is 0 Å². The van der Waals surface area contributed by atoms with Gasteiger partial charge in [-0.15, -0.1) is 0 Å². The van der Waals surface area contributed by atoms with E-state index in [1.165, 1.54) is 6.42 Å². The summed E-state index contributed by atoms with van der Waals surface area (Å²) >= 11 is 0. The lowest BCUT2D eigenvalue weighted by Gasteiger charge is -2.32. The summed E-state index contributed by atoms with van der Waals surface area (Å²) < 4.78 is 5.67. The third-order valence-electron chi connectivity index (χ3n) is 3.73. The van der Waals surface area contributed by atoms with E-state index >= 15 is 0 Å². The molecule has 1 aliphatic rings. The molecule has 0 N–H and O–H groups in total. The summed E-state index contributed by atoms with van der Waals surface area (Å²) in [4.78, 5) is 14.2. The Morgan fingerprint density at radius 1 is 1.38 bits per heavy atom. The molecular formula is C18H25NO2. The Labute approximate surface area is 127 Å². The van der Waals surface area contributed by atoms with Gasteiger partial charge in [-0.2, -0.15) is 0 Å². The summed E-state index contributed by atoms with van der Waals surface area (Å²) in [5.74, 6) is 0.948. The van der Waals surface area contributed by atoms with Crippen molar-refractivity contribution in [2.45, 2.75) is 52.2 Å². The number of ether oxygens (including phenoxy) is 1. The van der Waals surface area contributed by atoms with Crippen molar-refractivity contribution >= 4 is 12.0 Å².